The first-order valence-corrected chi connectivity index (χ1v) is 11.8. The lowest BCUT2D eigenvalue weighted by atomic mass is 10.1. The van der Waals surface area contributed by atoms with E-state index >= 15 is 0 Å². The molecular formula is C25H23F4N7O2. The minimum absolute atomic E-state index is 0.00752. The quantitative estimate of drug-likeness (QED) is 0.374. The first kappa shape index (κ1) is 25.5. The van der Waals surface area contributed by atoms with Crippen molar-refractivity contribution in [2.24, 2.45) is 4.99 Å². The first-order valence-electron chi connectivity index (χ1n) is 11.8. The van der Waals surface area contributed by atoms with Gasteiger partial charge in [0.25, 0.3) is 5.91 Å². The van der Waals surface area contributed by atoms with Gasteiger partial charge in [-0.25, -0.2) is 4.39 Å². The number of benzene rings is 1. The maximum atomic E-state index is 14.6. The van der Waals surface area contributed by atoms with Gasteiger partial charge in [0, 0.05) is 37.3 Å². The molecule has 1 aliphatic heterocycles. The molecule has 0 saturated carbocycles. The number of alkyl halides is 4. The van der Waals surface area contributed by atoms with Crippen LogP contribution in [0.15, 0.2) is 58.3 Å². The first-order chi connectivity index (χ1) is 18.2. The number of carbonyl (C=O) groups is 1. The standard InChI is InChI=1S/C25H23F4N7O2/c1-35-9-7-19(17(26)13-35)32-18-5-2-6-20-16(18)10-21(36(20)14-25(27,28)29)23-33-22(38-34-23)12-31-24(37)15-4-3-8-30-11-15/h2-6,8,10-11,17H,7,9,12-14H2,1H3,(H,31,37)/t17-/m0/s1. The van der Waals surface area contributed by atoms with E-state index in [2.05, 4.69) is 25.4 Å². The summed E-state index contributed by atoms with van der Waals surface area (Å²) in [6.07, 6.45) is -2.46. The Balaban J connectivity index is 1.48. The van der Waals surface area contributed by atoms with Crippen LogP contribution >= 0.6 is 0 Å². The minimum Gasteiger partial charge on any atom is -0.343 e. The van der Waals surface area contributed by atoms with Gasteiger partial charge in [-0.05, 0) is 37.4 Å². The average molecular weight is 529 g/mol. The number of fused-ring (bicyclic) bond motifs is 1. The summed E-state index contributed by atoms with van der Waals surface area (Å²) in [5, 5.41) is 6.86. The zero-order valence-corrected chi connectivity index (χ0v) is 20.2. The Morgan fingerprint density at radius 2 is 2.11 bits per heavy atom. The Labute approximate surface area is 214 Å². The summed E-state index contributed by atoms with van der Waals surface area (Å²) in [6.45, 7) is -0.591. The van der Waals surface area contributed by atoms with Gasteiger partial charge in [0.1, 0.15) is 6.54 Å². The fourth-order valence-electron chi connectivity index (χ4n) is 4.30. The van der Waals surface area contributed by atoms with Crippen LogP contribution in [-0.4, -0.2) is 68.7 Å². The number of piperidine rings is 1. The molecule has 1 N–H and O–H groups in total. The fraction of sp³-hybridized carbons (Fsp3) is 0.320. The highest BCUT2D eigenvalue weighted by Gasteiger charge is 2.31. The van der Waals surface area contributed by atoms with Gasteiger partial charge >= 0.3 is 6.18 Å². The molecule has 198 valence electrons. The van der Waals surface area contributed by atoms with Gasteiger partial charge in [-0.15, -0.1) is 0 Å². The summed E-state index contributed by atoms with van der Waals surface area (Å²) in [5.74, 6) is -0.502. The summed E-state index contributed by atoms with van der Waals surface area (Å²) in [7, 11) is 1.82. The highest BCUT2D eigenvalue weighted by Crippen LogP contribution is 2.35. The molecule has 13 heteroatoms. The second kappa shape index (κ2) is 10.3. The maximum Gasteiger partial charge on any atom is 0.406 e. The Kier molecular flexibility index (Phi) is 6.93. The SMILES string of the molecule is CN1CCC(=Nc2cccc3c2cc(-c2noc(CNC(=O)c4cccnc4)n2)n3CC(F)(F)F)[C@@H](F)C1. The number of nitrogens with one attached hydrogen (secondary N) is 1. The number of hydrogen-bond acceptors (Lipinski definition) is 7. The molecule has 5 rings (SSSR count). The normalized spacial score (nSPS) is 17.8. The monoisotopic (exact) mass is 529 g/mol. The topological polar surface area (TPSA) is 101 Å². The summed E-state index contributed by atoms with van der Waals surface area (Å²) >= 11 is 0. The Morgan fingerprint density at radius 1 is 1.26 bits per heavy atom. The third-order valence-corrected chi connectivity index (χ3v) is 6.13. The van der Waals surface area contributed by atoms with E-state index in [1.807, 2.05) is 11.9 Å². The van der Waals surface area contributed by atoms with Crippen molar-refractivity contribution < 1.29 is 26.9 Å². The number of amides is 1. The molecule has 1 saturated heterocycles. The smallest absolute Gasteiger partial charge is 0.343 e. The Bertz CT molecular complexity index is 1480. The number of aromatic nitrogens is 4. The van der Waals surface area contributed by atoms with Gasteiger partial charge in [-0.2, -0.15) is 18.2 Å². The molecule has 1 amide bonds. The minimum atomic E-state index is -4.54. The third kappa shape index (κ3) is 5.57. The van der Waals surface area contributed by atoms with Crippen LogP contribution in [0.4, 0.5) is 23.2 Å². The number of nitrogens with zero attached hydrogens (tertiary/aromatic N) is 6. The zero-order valence-electron chi connectivity index (χ0n) is 20.2. The summed E-state index contributed by atoms with van der Waals surface area (Å²) in [4.78, 5) is 26.7. The summed E-state index contributed by atoms with van der Waals surface area (Å²) < 4.78 is 61.5. The molecule has 1 aliphatic rings. The van der Waals surface area contributed by atoms with Crippen molar-refractivity contribution in [3.05, 3.63) is 60.2 Å². The van der Waals surface area contributed by atoms with E-state index in [9.17, 15) is 22.4 Å². The van der Waals surface area contributed by atoms with Crippen LogP contribution in [-0.2, 0) is 13.1 Å². The molecule has 4 aromatic rings. The molecule has 9 nitrogen and oxygen atoms in total. The summed E-state index contributed by atoms with van der Waals surface area (Å²) in [6, 6.07) is 9.43. The van der Waals surface area contributed by atoms with E-state index in [-0.39, 0.29) is 36.0 Å². The molecule has 3 aromatic heterocycles. The number of hydrogen-bond donors (Lipinski definition) is 1. The highest BCUT2D eigenvalue weighted by atomic mass is 19.4. The van der Waals surface area contributed by atoms with Crippen LogP contribution in [0.5, 0.6) is 0 Å². The molecule has 0 radical (unpaired) electrons. The second-order valence-corrected chi connectivity index (χ2v) is 8.96. The largest absolute Gasteiger partial charge is 0.406 e. The van der Waals surface area contributed by atoms with Crippen molar-refractivity contribution in [3.63, 3.8) is 0 Å². The van der Waals surface area contributed by atoms with Gasteiger partial charge in [-0.1, -0.05) is 11.2 Å². The number of rotatable bonds is 6. The van der Waals surface area contributed by atoms with Gasteiger partial charge in [0.15, 0.2) is 6.17 Å². The number of carbonyl (C=O) groups excluding carboxylic acids is 1. The van der Waals surface area contributed by atoms with E-state index in [1.54, 1.807) is 24.3 Å². The van der Waals surface area contributed by atoms with Gasteiger partial charge in [-0.3, -0.25) is 14.8 Å². The predicted molar refractivity (Wildman–Crippen MR) is 131 cm³/mol. The van der Waals surface area contributed by atoms with Crippen molar-refractivity contribution in [1.82, 2.24) is 29.9 Å². The maximum absolute atomic E-state index is 14.6. The molecule has 4 heterocycles. The van der Waals surface area contributed by atoms with Crippen LogP contribution in [0.2, 0.25) is 0 Å². The molecule has 38 heavy (non-hydrogen) atoms. The van der Waals surface area contributed by atoms with E-state index in [0.29, 0.717) is 35.3 Å². The second-order valence-electron chi connectivity index (χ2n) is 8.96. The van der Waals surface area contributed by atoms with E-state index in [1.165, 1.54) is 24.5 Å². The molecule has 0 aliphatic carbocycles. The molecule has 1 fully saturated rings. The lowest BCUT2D eigenvalue weighted by Crippen LogP contribution is -2.39. The zero-order chi connectivity index (χ0) is 26.9. The lowest BCUT2D eigenvalue weighted by Gasteiger charge is -2.26. The molecular weight excluding hydrogens is 506 g/mol. The molecule has 0 unspecified atom stereocenters. The number of likely N-dealkylation sites (tertiary alicyclic amines) is 1. The van der Waals surface area contributed by atoms with Crippen molar-refractivity contribution in [1.29, 1.82) is 0 Å². The van der Waals surface area contributed by atoms with E-state index in [0.717, 1.165) is 4.57 Å². The van der Waals surface area contributed by atoms with E-state index in [4.69, 9.17) is 4.52 Å². The predicted octanol–water partition coefficient (Wildman–Crippen LogP) is 4.32. The van der Waals surface area contributed by atoms with Crippen molar-refractivity contribution >= 4 is 28.2 Å². The average Bonchev–Trinajstić information content (AvgIpc) is 3.49. The fourth-order valence-corrected chi connectivity index (χ4v) is 4.30. The molecule has 0 spiro atoms. The highest BCUT2D eigenvalue weighted by molar-refractivity contribution is 5.99. The summed E-state index contributed by atoms with van der Waals surface area (Å²) in [5.41, 5.74) is 1.34. The molecule has 0 bridgehead atoms. The van der Waals surface area contributed by atoms with Gasteiger partial charge in [0.2, 0.25) is 11.7 Å². The van der Waals surface area contributed by atoms with Crippen LogP contribution in [0, 0.1) is 0 Å². The van der Waals surface area contributed by atoms with E-state index < -0.39 is 24.8 Å². The van der Waals surface area contributed by atoms with Crippen molar-refractivity contribution in [2.75, 3.05) is 20.1 Å². The third-order valence-electron chi connectivity index (χ3n) is 6.13. The molecule has 1 atom stereocenters. The van der Waals surface area contributed by atoms with Crippen LogP contribution in [0.25, 0.3) is 22.4 Å². The van der Waals surface area contributed by atoms with Crippen molar-refractivity contribution in [2.45, 2.75) is 31.9 Å². The van der Waals surface area contributed by atoms with Crippen LogP contribution in [0.3, 0.4) is 0 Å². The van der Waals surface area contributed by atoms with Gasteiger partial charge in [0.05, 0.1) is 34.7 Å². The Hall–Kier alpha value is -4.13. The van der Waals surface area contributed by atoms with Crippen LogP contribution < -0.4 is 5.32 Å². The van der Waals surface area contributed by atoms with Crippen molar-refractivity contribution in [3.8, 4) is 11.5 Å². The number of pyridine rings is 1. The number of halogens is 4. The van der Waals surface area contributed by atoms with Crippen LogP contribution in [0.1, 0.15) is 22.7 Å². The Morgan fingerprint density at radius 3 is 2.84 bits per heavy atom. The molecule has 1 aromatic carbocycles. The number of aliphatic imine (C=N–C) groups is 1. The van der Waals surface area contributed by atoms with Gasteiger partial charge < -0.3 is 19.3 Å². The lowest BCUT2D eigenvalue weighted by molar-refractivity contribution is -0.139.